The molecule has 0 N–H and O–H groups in total. The first-order chi connectivity index (χ1) is 18.6. The van der Waals surface area contributed by atoms with Gasteiger partial charge < -0.3 is 0 Å². The summed E-state index contributed by atoms with van der Waals surface area (Å²) in [6.07, 6.45) is 16.7. The second kappa shape index (κ2) is 9.10. The molecule has 3 atom stereocenters. The lowest BCUT2D eigenvalue weighted by atomic mass is 9.56. The Morgan fingerprint density at radius 3 is 2.47 bits per heavy atom. The molecule has 3 aromatic carbocycles. The Balaban J connectivity index is 1.41. The van der Waals surface area contributed by atoms with Crippen molar-refractivity contribution in [3.63, 3.8) is 0 Å². The summed E-state index contributed by atoms with van der Waals surface area (Å²) in [5, 5.41) is 0. The zero-order valence-corrected chi connectivity index (χ0v) is 22.2. The van der Waals surface area contributed by atoms with Crippen molar-refractivity contribution in [2.45, 2.75) is 44.9 Å². The molecule has 0 saturated carbocycles. The van der Waals surface area contributed by atoms with Crippen LogP contribution in [0.5, 0.6) is 0 Å². The molecule has 4 aromatic rings. The van der Waals surface area contributed by atoms with E-state index in [1.165, 1.54) is 50.1 Å². The van der Waals surface area contributed by atoms with Crippen LogP contribution in [0.15, 0.2) is 115 Å². The van der Waals surface area contributed by atoms with Crippen LogP contribution in [0.1, 0.15) is 78.3 Å². The van der Waals surface area contributed by atoms with Gasteiger partial charge in [-0.05, 0) is 86.9 Å². The van der Waals surface area contributed by atoms with Gasteiger partial charge in [0.15, 0.2) is 0 Å². The fourth-order valence-electron chi connectivity index (χ4n) is 7.16. The first kappa shape index (κ1) is 23.2. The van der Waals surface area contributed by atoms with E-state index in [9.17, 15) is 0 Å². The lowest BCUT2D eigenvalue weighted by Gasteiger charge is -2.47. The van der Waals surface area contributed by atoms with Gasteiger partial charge in [-0.25, -0.2) is 0 Å². The number of benzene rings is 3. The molecular formula is C37H33N. The van der Waals surface area contributed by atoms with Gasteiger partial charge in [0, 0.05) is 23.7 Å². The number of fused-ring (bicyclic) bond motifs is 3. The van der Waals surface area contributed by atoms with Crippen LogP contribution in [-0.4, -0.2) is 4.98 Å². The highest BCUT2D eigenvalue weighted by Gasteiger charge is 2.45. The summed E-state index contributed by atoms with van der Waals surface area (Å²) in [5.41, 5.74) is 13.7. The number of aromatic nitrogens is 1. The second-order valence-electron chi connectivity index (χ2n) is 11.4. The molecule has 1 heteroatoms. The van der Waals surface area contributed by atoms with E-state index in [2.05, 4.69) is 116 Å². The van der Waals surface area contributed by atoms with E-state index >= 15 is 0 Å². The molecule has 1 nitrogen and oxygen atoms in total. The molecule has 0 radical (unpaired) electrons. The van der Waals surface area contributed by atoms with Crippen molar-refractivity contribution in [1.82, 2.24) is 4.98 Å². The molecule has 3 unspecified atom stereocenters. The first-order valence-corrected chi connectivity index (χ1v) is 14.0. The minimum absolute atomic E-state index is 0.0265. The SMILES string of the molecule is CC1CC=Cc2cc(C3c4ccccc4C(c4ccc(-c5cccnc5)cc4)=C4C=CCCC43C)ccc21. The fourth-order valence-corrected chi connectivity index (χ4v) is 7.16. The first-order valence-electron chi connectivity index (χ1n) is 14.0. The van der Waals surface area contributed by atoms with Crippen molar-refractivity contribution < 1.29 is 0 Å². The molecule has 3 aliphatic carbocycles. The summed E-state index contributed by atoms with van der Waals surface area (Å²) in [5.74, 6) is 0.917. The number of rotatable bonds is 3. The van der Waals surface area contributed by atoms with Crippen LogP contribution < -0.4 is 0 Å². The number of allylic oxidation sites excluding steroid dienone is 4. The Labute approximate surface area is 226 Å². The average molecular weight is 492 g/mol. The van der Waals surface area contributed by atoms with E-state index in [1.807, 2.05) is 18.5 Å². The Morgan fingerprint density at radius 1 is 0.789 bits per heavy atom. The normalized spacial score (nSPS) is 23.5. The third kappa shape index (κ3) is 3.64. The quantitative estimate of drug-likeness (QED) is 0.278. The summed E-state index contributed by atoms with van der Waals surface area (Å²) < 4.78 is 0. The summed E-state index contributed by atoms with van der Waals surface area (Å²) in [6, 6.07) is 29.7. The van der Waals surface area contributed by atoms with Gasteiger partial charge in [-0.1, -0.05) is 111 Å². The minimum atomic E-state index is 0.0265. The van der Waals surface area contributed by atoms with Crippen molar-refractivity contribution in [2.24, 2.45) is 5.41 Å². The largest absolute Gasteiger partial charge is 0.264 e. The molecule has 1 heterocycles. The van der Waals surface area contributed by atoms with Crippen LogP contribution in [0.2, 0.25) is 0 Å². The number of hydrogen-bond acceptors (Lipinski definition) is 1. The van der Waals surface area contributed by atoms with E-state index < -0.39 is 0 Å². The van der Waals surface area contributed by atoms with Gasteiger partial charge in [-0.3, -0.25) is 4.98 Å². The molecular weight excluding hydrogens is 458 g/mol. The second-order valence-corrected chi connectivity index (χ2v) is 11.4. The molecule has 0 amide bonds. The summed E-state index contributed by atoms with van der Waals surface area (Å²) in [7, 11) is 0. The number of pyridine rings is 1. The Bertz CT molecular complexity index is 1600. The highest BCUT2D eigenvalue weighted by molar-refractivity contribution is 5.89. The third-order valence-electron chi connectivity index (χ3n) is 9.11. The molecule has 0 fully saturated rings. The zero-order valence-electron chi connectivity index (χ0n) is 22.2. The van der Waals surface area contributed by atoms with Gasteiger partial charge in [0.1, 0.15) is 0 Å². The zero-order chi connectivity index (χ0) is 25.7. The molecule has 0 bridgehead atoms. The molecule has 186 valence electrons. The van der Waals surface area contributed by atoms with E-state index in [-0.39, 0.29) is 5.41 Å². The maximum absolute atomic E-state index is 4.31. The fraction of sp³-hybridized carbons (Fsp3) is 0.216. The van der Waals surface area contributed by atoms with Gasteiger partial charge in [-0.15, -0.1) is 0 Å². The molecule has 0 aliphatic heterocycles. The standard InChI is InChI=1S/C37H33N/c1-25-9-7-10-28-23-29(19-20-31(25)28)36-33-13-4-3-12-32(33)35(34-14-5-6-21-37(34,36)2)27-17-15-26(16-18-27)30-11-8-22-38-24-30/h3-5,7-8,10-20,22-25,36H,6,9,21H2,1-2H3. The van der Waals surface area contributed by atoms with Crippen LogP contribution in [0.25, 0.3) is 22.8 Å². The van der Waals surface area contributed by atoms with Crippen molar-refractivity contribution in [2.75, 3.05) is 0 Å². The smallest absolute Gasteiger partial charge is 0.0346 e. The third-order valence-corrected chi connectivity index (χ3v) is 9.11. The van der Waals surface area contributed by atoms with E-state index in [0.29, 0.717) is 11.8 Å². The van der Waals surface area contributed by atoms with Gasteiger partial charge in [-0.2, -0.15) is 0 Å². The highest BCUT2D eigenvalue weighted by atomic mass is 14.6. The minimum Gasteiger partial charge on any atom is -0.264 e. The maximum atomic E-state index is 4.31. The van der Waals surface area contributed by atoms with Crippen LogP contribution in [-0.2, 0) is 0 Å². The molecule has 7 rings (SSSR count). The average Bonchev–Trinajstić information content (AvgIpc) is 2.96. The number of hydrogen-bond donors (Lipinski definition) is 0. The van der Waals surface area contributed by atoms with Crippen molar-refractivity contribution in [1.29, 1.82) is 0 Å². The Hall–Kier alpha value is -3.97. The monoisotopic (exact) mass is 491 g/mol. The Kier molecular flexibility index (Phi) is 5.55. The highest BCUT2D eigenvalue weighted by Crippen LogP contribution is 2.59. The van der Waals surface area contributed by atoms with Crippen LogP contribution in [0.4, 0.5) is 0 Å². The van der Waals surface area contributed by atoms with Gasteiger partial charge in [0.2, 0.25) is 0 Å². The van der Waals surface area contributed by atoms with Crippen LogP contribution in [0.3, 0.4) is 0 Å². The van der Waals surface area contributed by atoms with E-state index in [0.717, 1.165) is 24.8 Å². The maximum Gasteiger partial charge on any atom is 0.0346 e. The van der Waals surface area contributed by atoms with E-state index in [4.69, 9.17) is 0 Å². The molecule has 0 spiro atoms. The number of nitrogens with zero attached hydrogens (tertiary/aromatic N) is 1. The van der Waals surface area contributed by atoms with Crippen molar-refractivity contribution in [3.8, 4) is 11.1 Å². The Morgan fingerprint density at radius 2 is 1.63 bits per heavy atom. The molecule has 38 heavy (non-hydrogen) atoms. The summed E-state index contributed by atoms with van der Waals surface area (Å²) >= 11 is 0. The van der Waals surface area contributed by atoms with Crippen LogP contribution >= 0.6 is 0 Å². The van der Waals surface area contributed by atoms with E-state index in [1.54, 1.807) is 0 Å². The molecule has 1 aromatic heterocycles. The summed E-state index contributed by atoms with van der Waals surface area (Å²) in [6.45, 7) is 4.85. The van der Waals surface area contributed by atoms with Gasteiger partial charge in [0.05, 0.1) is 0 Å². The molecule has 3 aliphatic rings. The lowest BCUT2D eigenvalue weighted by molar-refractivity contribution is 0.318. The topological polar surface area (TPSA) is 12.9 Å². The van der Waals surface area contributed by atoms with Crippen LogP contribution in [0, 0.1) is 5.41 Å². The van der Waals surface area contributed by atoms with Gasteiger partial charge in [0.25, 0.3) is 0 Å². The molecule has 0 saturated heterocycles. The lowest BCUT2D eigenvalue weighted by Crippen LogP contribution is -2.34. The van der Waals surface area contributed by atoms with Crippen molar-refractivity contribution in [3.05, 3.63) is 148 Å². The van der Waals surface area contributed by atoms with Gasteiger partial charge >= 0.3 is 0 Å². The van der Waals surface area contributed by atoms with Crippen molar-refractivity contribution >= 4 is 11.6 Å². The predicted molar refractivity (Wildman–Crippen MR) is 159 cm³/mol. The summed E-state index contributed by atoms with van der Waals surface area (Å²) in [4.78, 5) is 4.31. The predicted octanol–water partition coefficient (Wildman–Crippen LogP) is 9.57.